The van der Waals surface area contributed by atoms with E-state index in [0.717, 1.165) is 59.0 Å². The number of rotatable bonds is 7. The highest BCUT2D eigenvalue weighted by molar-refractivity contribution is 4.84. The maximum Gasteiger partial charge on any atom is 0.0718 e. The standard InChI is InChI=1S/C15H30N2O3.C2H6/c1-13(2)20-12-14-10-15(11-16(14)3)19-9-6-17-4-7-18-8-5-17;1-2/h13-15H,4-12H2,1-3H3;1-2H3. The number of hydrogen-bond donors (Lipinski definition) is 0. The monoisotopic (exact) mass is 316 g/mol. The molecule has 132 valence electrons. The molecule has 0 saturated carbocycles. The minimum absolute atomic E-state index is 0.310. The average molecular weight is 316 g/mol. The molecule has 0 amide bonds. The molecule has 0 N–H and O–H groups in total. The first-order chi connectivity index (χ1) is 10.6. The van der Waals surface area contributed by atoms with Crippen molar-refractivity contribution in [3.8, 4) is 0 Å². The van der Waals surface area contributed by atoms with E-state index in [0.29, 0.717) is 18.2 Å². The molecule has 0 aromatic rings. The van der Waals surface area contributed by atoms with Gasteiger partial charge in [-0.3, -0.25) is 9.80 Å². The summed E-state index contributed by atoms with van der Waals surface area (Å²) < 4.78 is 17.1. The molecule has 22 heavy (non-hydrogen) atoms. The van der Waals surface area contributed by atoms with Crippen LogP contribution in [-0.4, -0.2) is 87.7 Å². The molecule has 0 aromatic heterocycles. The first kappa shape index (κ1) is 19.8. The smallest absolute Gasteiger partial charge is 0.0718 e. The number of likely N-dealkylation sites (N-methyl/N-ethyl adjacent to an activating group) is 1. The van der Waals surface area contributed by atoms with Gasteiger partial charge < -0.3 is 14.2 Å². The maximum atomic E-state index is 6.03. The summed E-state index contributed by atoms with van der Waals surface area (Å²) in [5, 5.41) is 0. The quantitative estimate of drug-likeness (QED) is 0.716. The molecule has 0 aliphatic carbocycles. The van der Waals surface area contributed by atoms with Gasteiger partial charge in [-0.15, -0.1) is 0 Å². The number of likely N-dealkylation sites (tertiary alicyclic amines) is 1. The molecule has 5 nitrogen and oxygen atoms in total. The third-order valence-electron chi connectivity index (χ3n) is 4.14. The van der Waals surface area contributed by atoms with Crippen LogP contribution in [0.5, 0.6) is 0 Å². The normalized spacial score (nSPS) is 27.0. The molecular weight excluding hydrogens is 280 g/mol. The Kier molecular flexibility index (Phi) is 10.2. The molecule has 0 spiro atoms. The zero-order valence-electron chi connectivity index (χ0n) is 15.2. The summed E-state index contributed by atoms with van der Waals surface area (Å²) in [7, 11) is 2.17. The highest BCUT2D eigenvalue weighted by Crippen LogP contribution is 2.19. The topological polar surface area (TPSA) is 34.2 Å². The van der Waals surface area contributed by atoms with E-state index in [-0.39, 0.29) is 0 Å². The van der Waals surface area contributed by atoms with Crippen molar-refractivity contribution in [2.75, 3.05) is 59.7 Å². The number of nitrogens with zero attached hydrogens (tertiary/aromatic N) is 2. The van der Waals surface area contributed by atoms with Crippen molar-refractivity contribution in [2.45, 2.75) is 52.4 Å². The van der Waals surface area contributed by atoms with Crippen LogP contribution in [0.4, 0.5) is 0 Å². The predicted molar refractivity (Wildman–Crippen MR) is 90.5 cm³/mol. The first-order valence-electron chi connectivity index (χ1n) is 8.88. The van der Waals surface area contributed by atoms with E-state index < -0.39 is 0 Å². The summed E-state index contributed by atoms with van der Waals surface area (Å²) in [5.41, 5.74) is 0. The Morgan fingerprint density at radius 2 is 1.86 bits per heavy atom. The van der Waals surface area contributed by atoms with Gasteiger partial charge in [-0.2, -0.15) is 0 Å². The zero-order valence-corrected chi connectivity index (χ0v) is 15.2. The van der Waals surface area contributed by atoms with Crippen LogP contribution in [-0.2, 0) is 14.2 Å². The molecule has 2 saturated heterocycles. The molecule has 2 fully saturated rings. The van der Waals surface area contributed by atoms with E-state index in [9.17, 15) is 0 Å². The Balaban J connectivity index is 0.00000116. The van der Waals surface area contributed by atoms with Gasteiger partial charge in [0.05, 0.1) is 38.6 Å². The van der Waals surface area contributed by atoms with E-state index in [1.54, 1.807) is 0 Å². The molecule has 0 aromatic carbocycles. The lowest BCUT2D eigenvalue weighted by Gasteiger charge is -2.26. The Labute approximate surface area is 136 Å². The Bertz CT molecular complexity index is 271. The van der Waals surface area contributed by atoms with Crippen LogP contribution in [0.3, 0.4) is 0 Å². The van der Waals surface area contributed by atoms with Crippen LogP contribution < -0.4 is 0 Å². The van der Waals surface area contributed by atoms with Crippen LogP contribution >= 0.6 is 0 Å². The first-order valence-corrected chi connectivity index (χ1v) is 8.88. The lowest BCUT2D eigenvalue weighted by atomic mass is 10.2. The molecule has 2 atom stereocenters. The third-order valence-corrected chi connectivity index (χ3v) is 4.14. The minimum atomic E-state index is 0.310. The number of morpholine rings is 1. The van der Waals surface area contributed by atoms with Crippen LogP contribution in [0.2, 0.25) is 0 Å². The van der Waals surface area contributed by atoms with E-state index in [4.69, 9.17) is 14.2 Å². The molecular formula is C17H36N2O3. The van der Waals surface area contributed by atoms with Crippen molar-refractivity contribution in [2.24, 2.45) is 0 Å². The van der Waals surface area contributed by atoms with Crippen molar-refractivity contribution < 1.29 is 14.2 Å². The molecule has 0 radical (unpaired) electrons. The fourth-order valence-corrected chi connectivity index (χ4v) is 2.82. The Hall–Kier alpha value is -0.200. The van der Waals surface area contributed by atoms with Crippen molar-refractivity contribution in [1.82, 2.24) is 9.80 Å². The molecule has 2 heterocycles. The third kappa shape index (κ3) is 7.38. The fourth-order valence-electron chi connectivity index (χ4n) is 2.82. The summed E-state index contributed by atoms with van der Waals surface area (Å²) >= 11 is 0. The predicted octanol–water partition coefficient (Wildman–Crippen LogP) is 1.86. The van der Waals surface area contributed by atoms with Gasteiger partial charge in [-0.05, 0) is 27.3 Å². The highest BCUT2D eigenvalue weighted by Gasteiger charge is 2.30. The van der Waals surface area contributed by atoms with Crippen LogP contribution in [0.25, 0.3) is 0 Å². The van der Waals surface area contributed by atoms with Crippen LogP contribution in [0.15, 0.2) is 0 Å². The SMILES string of the molecule is CC.CC(C)OCC1CC(OCCN2CCOCC2)CN1C. The molecule has 2 unspecified atom stereocenters. The van der Waals surface area contributed by atoms with E-state index in [2.05, 4.69) is 30.7 Å². The summed E-state index contributed by atoms with van der Waals surface area (Å²) in [5.74, 6) is 0. The lowest BCUT2D eigenvalue weighted by molar-refractivity contribution is 0.00400. The van der Waals surface area contributed by atoms with Crippen molar-refractivity contribution in [3.05, 3.63) is 0 Å². The molecule has 2 aliphatic rings. The van der Waals surface area contributed by atoms with Gasteiger partial charge in [0.15, 0.2) is 0 Å². The second kappa shape index (κ2) is 11.4. The molecule has 5 heteroatoms. The maximum absolute atomic E-state index is 6.03. The van der Waals surface area contributed by atoms with Gasteiger partial charge in [0.1, 0.15) is 0 Å². The lowest BCUT2D eigenvalue weighted by Crippen LogP contribution is -2.38. The summed E-state index contributed by atoms with van der Waals surface area (Å²) in [6.07, 6.45) is 1.76. The second-order valence-corrected chi connectivity index (χ2v) is 6.16. The van der Waals surface area contributed by atoms with Crippen LogP contribution in [0, 0.1) is 0 Å². The number of ether oxygens (including phenoxy) is 3. The van der Waals surface area contributed by atoms with E-state index in [1.807, 2.05) is 13.8 Å². The van der Waals surface area contributed by atoms with Crippen LogP contribution in [0.1, 0.15) is 34.1 Å². The number of hydrogen-bond acceptors (Lipinski definition) is 5. The van der Waals surface area contributed by atoms with Gasteiger partial charge in [-0.1, -0.05) is 13.8 Å². The van der Waals surface area contributed by atoms with Gasteiger partial charge in [0.2, 0.25) is 0 Å². The van der Waals surface area contributed by atoms with Gasteiger partial charge in [-0.25, -0.2) is 0 Å². The second-order valence-electron chi connectivity index (χ2n) is 6.16. The fraction of sp³-hybridized carbons (Fsp3) is 1.00. The van der Waals surface area contributed by atoms with Gasteiger partial charge in [0.25, 0.3) is 0 Å². The van der Waals surface area contributed by atoms with E-state index in [1.165, 1.54) is 0 Å². The zero-order chi connectivity index (χ0) is 16.4. The molecule has 0 bridgehead atoms. The van der Waals surface area contributed by atoms with E-state index >= 15 is 0 Å². The summed E-state index contributed by atoms with van der Waals surface area (Å²) in [6, 6.07) is 0.505. The van der Waals surface area contributed by atoms with Crippen molar-refractivity contribution in [3.63, 3.8) is 0 Å². The molecule has 2 aliphatic heterocycles. The van der Waals surface area contributed by atoms with Crippen molar-refractivity contribution >= 4 is 0 Å². The summed E-state index contributed by atoms with van der Waals surface area (Å²) in [6.45, 7) is 15.7. The Morgan fingerprint density at radius 1 is 1.18 bits per heavy atom. The van der Waals surface area contributed by atoms with Gasteiger partial charge >= 0.3 is 0 Å². The van der Waals surface area contributed by atoms with Crippen molar-refractivity contribution in [1.29, 1.82) is 0 Å². The highest BCUT2D eigenvalue weighted by atomic mass is 16.5. The Morgan fingerprint density at radius 3 is 2.50 bits per heavy atom. The minimum Gasteiger partial charge on any atom is -0.379 e. The average Bonchev–Trinajstić information content (AvgIpc) is 2.88. The largest absolute Gasteiger partial charge is 0.379 e. The molecule has 2 rings (SSSR count). The summed E-state index contributed by atoms with van der Waals surface area (Å²) in [4.78, 5) is 4.78. The van der Waals surface area contributed by atoms with Gasteiger partial charge in [0, 0.05) is 32.2 Å².